The Labute approximate surface area is 144 Å². The number of fused-ring (bicyclic) bond motifs is 1. The van der Waals surface area contributed by atoms with E-state index in [0.29, 0.717) is 17.7 Å². The third-order valence-corrected chi connectivity index (χ3v) is 5.45. The Hall–Kier alpha value is -2.47. The fourth-order valence-corrected chi connectivity index (χ4v) is 3.85. The summed E-state index contributed by atoms with van der Waals surface area (Å²) in [6.07, 6.45) is 0.713. The van der Waals surface area contributed by atoms with Gasteiger partial charge in [-0.15, -0.1) is 11.8 Å². The van der Waals surface area contributed by atoms with E-state index < -0.39 is 11.6 Å². The van der Waals surface area contributed by atoms with Gasteiger partial charge in [0.25, 0.3) is 0 Å². The molecule has 24 heavy (non-hydrogen) atoms. The van der Waals surface area contributed by atoms with Crippen molar-refractivity contribution >= 4 is 23.6 Å². The standard InChI is InChI=1S/C18H18N2O3S/c1-18(17(21)22,12-5-3-2-4-6-12)23-13-8-7-11-9-15(16(19)20)24-14(11)10-13/h2-8,10,15H,9H2,1H3,(H3,19,20)(H,21,22). The Morgan fingerprint density at radius 1 is 1.33 bits per heavy atom. The first kappa shape index (κ1) is 16.4. The number of rotatable bonds is 5. The number of aliphatic carboxylic acids is 1. The van der Waals surface area contributed by atoms with Crippen molar-refractivity contribution in [2.24, 2.45) is 5.73 Å². The number of carboxylic acids is 1. The van der Waals surface area contributed by atoms with Crippen LogP contribution in [0.15, 0.2) is 53.4 Å². The van der Waals surface area contributed by atoms with Gasteiger partial charge in [-0.2, -0.15) is 0 Å². The second-order valence-electron chi connectivity index (χ2n) is 5.84. The van der Waals surface area contributed by atoms with Crippen molar-refractivity contribution < 1.29 is 14.6 Å². The summed E-state index contributed by atoms with van der Waals surface area (Å²) in [5.74, 6) is -0.416. The molecule has 1 aliphatic heterocycles. The Morgan fingerprint density at radius 3 is 2.67 bits per heavy atom. The van der Waals surface area contributed by atoms with E-state index in [2.05, 4.69) is 0 Å². The van der Waals surface area contributed by atoms with E-state index in [1.807, 2.05) is 18.2 Å². The summed E-state index contributed by atoms with van der Waals surface area (Å²) in [5.41, 5.74) is 5.79. The summed E-state index contributed by atoms with van der Waals surface area (Å²) in [5, 5.41) is 17.2. The summed E-state index contributed by atoms with van der Waals surface area (Å²) in [7, 11) is 0. The number of thioether (sulfide) groups is 1. The number of hydrogen-bond acceptors (Lipinski definition) is 4. The predicted octanol–water partition coefficient (Wildman–Crippen LogP) is 3.02. The zero-order valence-corrected chi connectivity index (χ0v) is 14.0. The molecule has 2 atom stereocenters. The maximum Gasteiger partial charge on any atom is 0.352 e. The van der Waals surface area contributed by atoms with Crippen LogP contribution in [-0.2, 0) is 16.8 Å². The molecule has 0 aromatic heterocycles. The lowest BCUT2D eigenvalue weighted by Gasteiger charge is -2.27. The van der Waals surface area contributed by atoms with Gasteiger partial charge >= 0.3 is 5.97 Å². The lowest BCUT2D eigenvalue weighted by Crippen LogP contribution is -2.38. The quantitative estimate of drug-likeness (QED) is 0.573. The molecule has 2 aromatic carbocycles. The molecule has 3 rings (SSSR count). The highest BCUT2D eigenvalue weighted by molar-refractivity contribution is 8.01. The maximum absolute atomic E-state index is 11.8. The summed E-state index contributed by atoms with van der Waals surface area (Å²) >= 11 is 1.51. The van der Waals surface area contributed by atoms with Gasteiger partial charge in [-0.3, -0.25) is 5.41 Å². The predicted molar refractivity (Wildman–Crippen MR) is 93.8 cm³/mol. The minimum absolute atomic E-state index is 0.0600. The van der Waals surface area contributed by atoms with E-state index in [-0.39, 0.29) is 11.1 Å². The van der Waals surface area contributed by atoms with Crippen molar-refractivity contribution in [2.75, 3.05) is 0 Å². The monoisotopic (exact) mass is 342 g/mol. The largest absolute Gasteiger partial charge is 0.478 e. The number of carboxylic acid groups (broad SMARTS) is 1. The van der Waals surface area contributed by atoms with Gasteiger partial charge in [0, 0.05) is 10.5 Å². The first-order valence-electron chi connectivity index (χ1n) is 7.51. The molecule has 0 aliphatic carbocycles. The third-order valence-electron chi connectivity index (χ3n) is 4.11. The molecular formula is C18H18N2O3S. The smallest absolute Gasteiger partial charge is 0.352 e. The topological polar surface area (TPSA) is 96.4 Å². The van der Waals surface area contributed by atoms with Crippen LogP contribution in [-0.4, -0.2) is 22.2 Å². The van der Waals surface area contributed by atoms with Crippen molar-refractivity contribution in [3.63, 3.8) is 0 Å². The summed E-state index contributed by atoms with van der Waals surface area (Å²) in [6.45, 7) is 1.55. The van der Waals surface area contributed by atoms with Gasteiger partial charge in [-0.1, -0.05) is 36.4 Å². The Balaban J connectivity index is 1.89. The highest BCUT2D eigenvalue weighted by Crippen LogP contribution is 2.40. The molecule has 4 N–H and O–H groups in total. The number of carbonyl (C=O) groups is 1. The number of benzene rings is 2. The molecule has 0 spiro atoms. The highest BCUT2D eigenvalue weighted by Gasteiger charge is 2.38. The van der Waals surface area contributed by atoms with E-state index in [9.17, 15) is 9.90 Å². The molecule has 0 fully saturated rings. The van der Waals surface area contributed by atoms with E-state index in [1.54, 1.807) is 37.3 Å². The molecule has 0 saturated carbocycles. The van der Waals surface area contributed by atoms with Gasteiger partial charge in [0.1, 0.15) is 11.6 Å². The van der Waals surface area contributed by atoms with Gasteiger partial charge in [-0.05, 0) is 31.0 Å². The van der Waals surface area contributed by atoms with Crippen molar-refractivity contribution in [2.45, 2.75) is 29.1 Å². The van der Waals surface area contributed by atoms with E-state index >= 15 is 0 Å². The Bertz CT molecular complexity index is 794. The van der Waals surface area contributed by atoms with E-state index in [4.69, 9.17) is 15.9 Å². The second-order valence-corrected chi connectivity index (χ2v) is 7.09. The molecule has 0 amide bonds. The maximum atomic E-state index is 11.8. The molecule has 2 unspecified atom stereocenters. The van der Waals surface area contributed by atoms with Crippen LogP contribution in [0.2, 0.25) is 0 Å². The van der Waals surface area contributed by atoms with Gasteiger partial charge in [0.2, 0.25) is 5.60 Å². The summed E-state index contributed by atoms with van der Waals surface area (Å²) < 4.78 is 5.87. The number of ether oxygens (including phenoxy) is 1. The molecule has 0 bridgehead atoms. The summed E-state index contributed by atoms with van der Waals surface area (Å²) in [6, 6.07) is 14.4. The lowest BCUT2D eigenvalue weighted by molar-refractivity contribution is -0.154. The van der Waals surface area contributed by atoms with Gasteiger partial charge in [-0.25, -0.2) is 4.79 Å². The first-order valence-corrected chi connectivity index (χ1v) is 8.39. The normalized spacial score (nSPS) is 18.5. The SMILES string of the molecule is CC(Oc1ccc2c(c1)SC(C(=N)N)C2)(C(=O)O)c1ccccc1. The zero-order chi connectivity index (χ0) is 17.3. The number of amidine groups is 1. The Morgan fingerprint density at radius 2 is 2.04 bits per heavy atom. The highest BCUT2D eigenvalue weighted by atomic mass is 32.2. The first-order chi connectivity index (χ1) is 11.4. The van der Waals surface area contributed by atoms with Crippen LogP contribution in [0, 0.1) is 5.41 Å². The minimum Gasteiger partial charge on any atom is -0.478 e. The third kappa shape index (κ3) is 2.97. The molecule has 2 aromatic rings. The average molecular weight is 342 g/mol. The van der Waals surface area contributed by atoms with Crippen molar-refractivity contribution in [1.29, 1.82) is 5.41 Å². The minimum atomic E-state index is -1.47. The van der Waals surface area contributed by atoms with Crippen molar-refractivity contribution in [3.8, 4) is 5.75 Å². The van der Waals surface area contributed by atoms with E-state index in [1.165, 1.54) is 11.8 Å². The lowest BCUT2D eigenvalue weighted by atomic mass is 9.96. The molecule has 1 aliphatic rings. The zero-order valence-electron chi connectivity index (χ0n) is 13.2. The molecule has 5 nitrogen and oxygen atoms in total. The summed E-state index contributed by atoms with van der Waals surface area (Å²) in [4.78, 5) is 12.8. The molecular weight excluding hydrogens is 324 g/mol. The number of nitrogens with two attached hydrogens (primary N) is 1. The number of nitrogens with one attached hydrogen (secondary N) is 1. The average Bonchev–Trinajstić information content (AvgIpc) is 2.99. The van der Waals surface area contributed by atoms with Crippen LogP contribution in [0.25, 0.3) is 0 Å². The van der Waals surface area contributed by atoms with Crippen LogP contribution < -0.4 is 10.5 Å². The van der Waals surface area contributed by atoms with Crippen LogP contribution in [0.4, 0.5) is 0 Å². The van der Waals surface area contributed by atoms with Gasteiger partial charge in [0.15, 0.2) is 0 Å². The van der Waals surface area contributed by atoms with Gasteiger partial charge in [0.05, 0.1) is 5.25 Å². The second kappa shape index (κ2) is 6.20. The molecule has 0 radical (unpaired) electrons. The van der Waals surface area contributed by atoms with Crippen LogP contribution in [0.1, 0.15) is 18.1 Å². The Kier molecular flexibility index (Phi) is 4.24. The van der Waals surface area contributed by atoms with Crippen LogP contribution in [0.5, 0.6) is 5.75 Å². The van der Waals surface area contributed by atoms with Crippen LogP contribution >= 0.6 is 11.8 Å². The molecule has 0 saturated heterocycles. The van der Waals surface area contributed by atoms with Crippen molar-refractivity contribution in [1.82, 2.24) is 0 Å². The van der Waals surface area contributed by atoms with Gasteiger partial charge < -0.3 is 15.6 Å². The fourth-order valence-electron chi connectivity index (χ4n) is 2.66. The fraction of sp³-hybridized carbons (Fsp3) is 0.222. The molecule has 1 heterocycles. The molecule has 6 heteroatoms. The van der Waals surface area contributed by atoms with E-state index in [0.717, 1.165) is 10.5 Å². The number of hydrogen-bond donors (Lipinski definition) is 3. The van der Waals surface area contributed by atoms with Crippen molar-refractivity contribution in [3.05, 3.63) is 59.7 Å². The van der Waals surface area contributed by atoms with Crippen LogP contribution in [0.3, 0.4) is 0 Å². The molecule has 124 valence electrons.